The molecule has 2 atom stereocenters. The number of rotatable bonds is 5. The summed E-state index contributed by atoms with van der Waals surface area (Å²) in [5.41, 5.74) is 0. The van der Waals surface area contributed by atoms with Gasteiger partial charge >= 0.3 is 12.0 Å². The lowest BCUT2D eigenvalue weighted by molar-refractivity contribution is -0.141. The Kier molecular flexibility index (Phi) is 4.32. The van der Waals surface area contributed by atoms with Gasteiger partial charge in [0.15, 0.2) is 0 Å². The van der Waals surface area contributed by atoms with Crippen LogP contribution in [0.4, 0.5) is 4.79 Å². The summed E-state index contributed by atoms with van der Waals surface area (Å²) in [5, 5.41) is 12.4. The molecule has 2 unspecified atom stereocenters. The predicted molar refractivity (Wildman–Crippen MR) is 85.7 cm³/mol. The molecule has 0 aromatic heterocycles. The maximum Gasteiger partial charge on any atom is 0.327 e. The molecular formula is C14H22N2O3S2. The lowest BCUT2D eigenvalue weighted by Gasteiger charge is -2.41. The molecule has 2 aliphatic carbocycles. The number of carboxylic acids is 1. The summed E-state index contributed by atoms with van der Waals surface area (Å²) >= 11 is 3.44. The van der Waals surface area contributed by atoms with Gasteiger partial charge in [-0.25, -0.2) is 9.59 Å². The van der Waals surface area contributed by atoms with E-state index in [1.54, 1.807) is 16.7 Å². The second-order valence-corrected chi connectivity index (χ2v) is 8.65. The van der Waals surface area contributed by atoms with Crippen LogP contribution in [0.1, 0.15) is 32.1 Å². The van der Waals surface area contributed by atoms with E-state index >= 15 is 0 Å². The molecule has 0 radical (unpaired) electrons. The Bertz CT molecular complexity index is 432. The summed E-state index contributed by atoms with van der Waals surface area (Å²) in [7, 11) is 0. The second kappa shape index (κ2) is 5.91. The largest absolute Gasteiger partial charge is 0.480 e. The molecule has 0 bridgehead atoms. The molecule has 1 saturated heterocycles. The van der Waals surface area contributed by atoms with Crippen LogP contribution in [0.2, 0.25) is 0 Å². The van der Waals surface area contributed by atoms with Gasteiger partial charge in [-0.2, -0.15) is 11.8 Å². The normalized spacial score (nSPS) is 30.8. The standard InChI is InChI=1S/C14H22N2O3S2/c1-20-14(5-2-6-14)8-15-13(19)16-10(12(17)18)7-21-11(16)9-3-4-9/h9-11H,2-8H2,1H3,(H,15,19)(H,17,18). The number of nitrogens with one attached hydrogen (secondary N) is 1. The van der Waals surface area contributed by atoms with Crippen LogP contribution in [0, 0.1) is 5.92 Å². The van der Waals surface area contributed by atoms with Crippen LogP contribution in [0.3, 0.4) is 0 Å². The first-order valence-corrected chi connectivity index (χ1v) is 9.79. The van der Waals surface area contributed by atoms with Gasteiger partial charge in [0.2, 0.25) is 0 Å². The highest BCUT2D eigenvalue weighted by atomic mass is 32.2. The van der Waals surface area contributed by atoms with Gasteiger partial charge in [-0.1, -0.05) is 6.42 Å². The summed E-state index contributed by atoms with van der Waals surface area (Å²) in [6.07, 6.45) is 7.81. The van der Waals surface area contributed by atoms with Gasteiger partial charge in [-0.05, 0) is 37.9 Å². The van der Waals surface area contributed by atoms with E-state index in [0.717, 1.165) is 25.7 Å². The van der Waals surface area contributed by atoms with E-state index in [2.05, 4.69) is 11.6 Å². The third-order valence-corrected chi connectivity index (χ3v) is 7.72. The van der Waals surface area contributed by atoms with E-state index in [9.17, 15) is 14.7 Å². The minimum absolute atomic E-state index is 0.0534. The molecule has 2 N–H and O–H groups in total. The molecular weight excluding hydrogens is 308 g/mol. The number of urea groups is 1. The van der Waals surface area contributed by atoms with Crippen LogP contribution in [0.5, 0.6) is 0 Å². The van der Waals surface area contributed by atoms with Crippen molar-refractivity contribution in [3.05, 3.63) is 0 Å². The molecule has 1 aliphatic heterocycles. The van der Waals surface area contributed by atoms with Crippen molar-refractivity contribution in [3.63, 3.8) is 0 Å². The monoisotopic (exact) mass is 330 g/mol. The number of amides is 2. The third-order valence-electron chi connectivity index (χ3n) is 4.84. The fourth-order valence-electron chi connectivity index (χ4n) is 3.07. The summed E-state index contributed by atoms with van der Waals surface area (Å²) in [4.78, 5) is 25.5. The minimum Gasteiger partial charge on any atom is -0.480 e. The smallest absolute Gasteiger partial charge is 0.327 e. The van der Waals surface area contributed by atoms with Gasteiger partial charge in [0, 0.05) is 17.0 Å². The van der Waals surface area contributed by atoms with Gasteiger partial charge in [0.05, 0.1) is 5.37 Å². The molecule has 3 fully saturated rings. The van der Waals surface area contributed by atoms with E-state index in [-0.39, 0.29) is 16.2 Å². The highest BCUT2D eigenvalue weighted by Gasteiger charge is 2.48. The van der Waals surface area contributed by atoms with Crippen LogP contribution in [-0.4, -0.2) is 56.7 Å². The number of hydrogen-bond acceptors (Lipinski definition) is 4. The summed E-state index contributed by atoms with van der Waals surface area (Å²) in [5.74, 6) is 0.116. The Hall–Kier alpha value is -0.560. The molecule has 0 aromatic rings. The van der Waals surface area contributed by atoms with Gasteiger partial charge in [0.25, 0.3) is 0 Å². The lowest BCUT2D eigenvalue weighted by atomic mass is 9.84. The first-order valence-electron chi connectivity index (χ1n) is 7.52. The molecule has 7 heteroatoms. The maximum atomic E-state index is 12.5. The molecule has 5 nitrogen and oxygen atoms in total. The zero-order valence-corrected chi connectivity index (χ0v) is 13.8. The quantitative estimate of drug-likeness (QED) is 0.809. The first-order chi connectivity index (χ1) is 10.1. The lowest BCUT2D eigenvalue weighted by Crippen LogP contribution is -2.54. The Labute approximate surface area is 133 Å². The zero-order chi connectivity index (χ0) is 15.0. The number of carboxylic acid groups (broad SMARTS) is 1. The van der Waals surface area contributed by atoms with Crippen molar-refractivity contribution < 1.29 is 14.7 Å². The Morgan fingerprint density at radius 3 is 2.62 bits per heavy atom. The minimum atomic E-state index is -0.885. The van der Waals surface area contributed by atoms with Crippen molar-refractivity contribution in [1.29, 1.82) is 0 Å². The van der Waals surface area contributed by atoms with Crippen LogP contribution >= 0.6 is 23.5 Å². The average Bonchev–Trinajstić information content (AvgIpc) is 3.16. The fraction of sp³-hybridized carbons (Fsp3) is 0.857. The number of hydrogen-bond donors (Lipinski definition) is 2. The van der Waals surface area contributed by atoms with Crippen LogP contribution in [-0.2, 0) is 4.79 Å². The molecule has 118 valence electrons. The van der Waals surface area contributed by atoms with Gasteiger partial charge in [-0.15, -0.1) is 11.8 Å². The molecule has 0 spiro atoms. The number of nitrogens with zero attached hydrogens (tertiary/aromatic N) is 1. The van der Waals surface area contributed by atoms with Crippen molar-refractivity contribution in [3.8, 4) is 0 Å². The van der Waals surface area contributed by atoms with Crippen molar-refractivity contribution in [2.24, 2.45) is 5.92 Å². The van der Waals surface area contributed by atoms with Gasteiger partial charge in [0.1, 0.15) is 6.04 Å². The summed E-state index contributed by atoms with van der Waals surface area (Å²) in [6, 6.07) is -0.864. The Morgan fingerprint density at radius 2 is 2.14 bits per heavy atom. The number of thioether (sulfide) groups is 2. The summed E-state index contributed by atoms with van der Waals surface area (Å²) < 4.78 is 0.177. The number of carbonyl (C=O) groups is 2. The topological polar surface area (TPSA) is 69.6 Å². The van der Waals surface area contributed by atoms with Crippen molar-refractivity contribution in [1.82, 2.24) is 10.2 Å². The summed E-state index contributed by atoms with van der Waals surface area (Å²) in [6.45, 7) is 0.651. The van der Waals surface area contributed by atoms with E-state index in [1.165, 1.54) is 6.42 Å². The van der Waals surface area contributed by atoms with Crippen LogP contribution in [0.15, 0.2) is 0 Å². The average molecular weight is 330 g/mol. The van der Waals surface area contributed by atoms with Crippen molar-refractivity contribution in [2.45, 2.75) is 48.3 Å². The van der Waals surface area contributed by atoms with Crippen LogP contribution in [0.25, 0.3) is 0 Å². The highest BCUT2D eigenvalue weighted by Crippen LogP contribution is 2.46. The number of carbonyl (C=O) groups excluding carboxylic acids is 1. The zero-order valence-electron chi connectivity index (χ0n) is 12.2. The van der Waals surface area contributed by atoms with Crippen LogP contribution < -0.4 is 5.32 Å². The third kappa shape index (κ3) is 2.99. The molecule has 3 aliphatic rings. The first kappa shape index (κ1) is 15.3. The maximum absolute atomic E-state index is 12.5. The van der Waals surface area contributed by atoms with Gasteiger partial charge < -0.3 is 10.4 Å². The predicted octanol–water partition coefficient (Wildman–Crippen LogP) is 2.22. The van der Waals surface area contributed by atoms with E-state index < -0.39 is 12.0 Å². The SMILES string of the molecule is CSC1(CNC(=O)N2C(C(=O)O)CSC2C2CC2)CCC1. The molecule has 0 aromatic carbocycles. The van der Waals surface area contributed by atoms with Crippen molar-refractivity contribution >= 4 is 35.5 Å². The van der Waals surface area contributed by atoms with Gasteiger partial charge in [-0.3, -0.25) is 4.90 Å². The van der Waals surface area contributed by atoms with E-state index in [4.69, 9.17) is 0 Å². The second-order valence-electron chi connectivity index (χ2n) is 6.22. The molecule has 3 rings (SSSR count). The molecule has 2 saturated carbocycles. The molecule has 2 amide bonds. The fourth-order valence-corrected chi connectivity index (χ4v) is 5.62. The van der Waals surface area contributed by atoms with E-state index in [1.807, 2.05) is 11.8 Å². The Morgan fingerprint density at radius 1 is 1.43 bits per heavy atom. The van der Waals surface area contributed by atoms with Crippen molar-refractivity contribution in [2.75, 3.05) is 18.6 Å². The highest BCUT2D eigenvalue weighted by molar-refractivity contribution is 8.00. The number of aliphatic carboxylic acids is 1. The molecule has 21 heavy (non-hydrogen) atoms. The molecule has 1 heterocycles. The van der Waals surface area contributed by atoms with E-state index in [0.29, 0.717) is 18.2 Å². The Balaban J connectivity index is 1.63.